The molecule has 27 heavy (non-hydrogen) atoms. The second-order valence-corrected chi connectivity index (χ2v) is 5.95. The molecule has 0 unspecified atom stereocenters. The molecule has 6 heteroatoms. The van der Waals surface area contributed by atoms with Crippen LogP contribution in [0.1, 0.15) is 30.0 Å². The van der Waals surface area contributed by atoms with Crippen LogP contribution in [0, 0.1) is 0 Å². The van der Waals surface area contributed by atoms with E-state index in [0.717, 1.165) is 24.7 Å². The third-order valence-corrected chi connectivity index (χ3v) is 4.01. The SMILES string of the molecule is CCCOCc1ccccc1CNC(=NC)NCc1ccc(OC)cc1.I. The van der Waals surface area contributed by atoms with Gasteiger partial charge in [-0.15, -0.1) is 24.0 Å². The Labute approximate surface area is 179 Å². The lowest BCUT2D eigenvalue weighted by Crippen LogP contribution is -2.36. The van der Waals surface area contributed by atoms with Crippen LogP contribution in [0.5, 0.6) is 5.75 Å². The minimum absolute atomic E-state index is 0. The molecule has 0 bridgehead atoms. The first-order chi connectivity index (χ1) is 12.8. The number of guanidine groups is 1. The van der Waals surface area contributed by atoms with E-state index in [0.29, 0.717) is 19.7 Å². The zero-order chi connectivity index (χ0) is 18.6. The highest BCUT2D eigenvalue weighted by Gasteiger charge is 2.04. The highest BCUT2D eigenvalue weighted by atomic mass is 127. The van der Waals surface area contributed by atoms with Crippen molar-refractivity contribution in [3.8, 4) is 5.75 Å². The fourth-order valence-corrected chi connectivity index (χ4v) is 2.53. The Morgan fingerprint density at radius 2 is 1.63 bits per heavy atom. The highest BCUT2D eigenvalue weighted by Crippen LogP contribution is 2.11. The number of methoxy groups -OCH3 is 1. The summed E-state index contributed by atoms with van der Waals surface area (Å²) in [5.41, 5.74) is 3.59. The van der Waals surface area contributed by atoms with Crippen molar-refractivity contribution in [2.75, 3.05) is 20.8 Å². The van der Waals surface area contributed by atoms with E-state index in [9.17, 15) is 0 Å². The van der Waals surface area contributed by atoms with Crippen LogP contribution in [0.15, 0.2) is 53.5 Å². The largest absolute Gasteiger partial charge is 0.497 e. The topological polar surface area (TPSA) is 54.9 Å². The minimum Gasteiger partial charge on any atom is -0.497 e. The Balaban J connectivity index is 0.00000364. The van der Waals surface area contributed by atoms with Gasteiger partial charge in [0.05, 0.1) is 13.7 Å². The molecule has 148 valence electrons. The molecular weight excluding hydrogens is 453 g/mol. The van der Waals surface area contributed by atoms with Crippen LogP contribution in [0.25, 0.3) is 0 Å². The summed E-state index contributed by atoms with van der Waals surface area (Å²) >= 11 is 0. The average molecular weight is 483 g/mol. The molecule has 0 aromatic heterocycles. The van der Waals surface area contributed by atoms with Gasteiger partial charge in [-0.3, -0.25) is 4.99 Å². The number of benzene rings is 2. The Bertz CT molecular complexity index is 690. The Morgan fingerprint density at radius 1 is 0.963 bits per heavy atom. The summed E-state index contributed by atoms with van der Waals surface area (Å²) in [4.78, 5) is 4.30. The molecule has 0 saturated carbocycles. The number of nitrogens with one attached hydrogen (secondary N) is 2. The van der Waals surface area contributed by atoms with Gasteiger partial charge in [0.1, 0.15) is 5.75 Å². The first kappa shape index (κ1) is 23.2. The fourth-order valence-electron chi connectivity index (χ4n) is 2.53. The van der Waals surface area contributed by atoms with E-state index in [4.69, 9.17) is 9.47 Å². The first-order valence-corrected chi connectivity index (χ1v) is 8.98. The van der Waals surface area contributed by atoms with Crippen molar-refractivity contribution >= 4 is 29.9 Å². The average Bonchev–Trinajstić information content (AvgIpc) is 2.69. The van der Waals surface area contributed by atoms with Crippen molar-refractivity contribution in [2.24, 2.45) is 4.99 Å². The van der Waals surface area contributed by atoms with Crippen LogP contribution in [0.2, 0.25) is 0 Å². The summed E-state index contributed by atoms with van der Waals surface area (Å²) in [6.45, 7) is 4.95. The number of hydrogen-bond donors (Lipinski definition) is 2. The van der Waals surface area contributed by atoms with Crippen molar-refractivity contribution in [1.29, 1.82) is 0 Å². The monoisotopic (exact) mass is 483 g/mol. The number of rotatable bonds is 9. The van der Waals surface area contributed by atoms with Gasteiger partial charge in [-0.25, -0.2) is 0 Å². The molecule has 0 radical (unpaired) electrons. The van der Waals surface area contributed by atoms with Crippen LogP contribution in [-0.4, -0.2) is 26.7 Å². The zero-order valence-corrected chi connectivity index (χ0v) is 18.7. The maximum absolute atomic E-state index is 5.68. The molecule has 2 rings (SSSR count). The van der Waals surface area contributed by atoms with Gasteiger partial charge in [-0.1, -0.05) is 43.3 Å². The maximum Gasteiger partial charge on any atom is 0.191 e. The minimum atomic E-state index is 0. The van der Waals surface area contributed by atoms with E-state index in [2.05, 4.69) is 34.7 Å². The van der Waals surface area contributed by atoms with Crippen molar-refractivity contribution in [3.05, 3.63) is 65.2 Å². The lowest BCUT2D eigenvalue weighted by Gasteiger charge is -2.14. The third-order valence-electron chi connectivity index (χ3n) is 4.01. The van der Waals surface area contributed by atoms with Crippen molar-refractivity contribution in [3.63, 3.8) is 0 Å². The Hall–Kier alpha value is -1.80. The number of ether oxygens (including phenoxy) is 2. The Morgan fingerprint density at radius 3 is 2.26 bits per heavy atom. The lowest BCUT2D eigenvalue weighted by atomic mass is 10.1. The standard InChI is InChI=1S/C21H29N3O2.HI/c1-4-13-26-16-19-8-6-5-7-18(19)15-24-21(22-2)23-14-17-9-11-20(25-3)12-10-17;/h5-12H,4,13-16H2,1-3H3,(H2,22,23,24);1H. The third kappa shape index (κ3) is 8.17. The molecule has 0 spiro atoms. The molecule has 0 aliphatic rings. The molecule has 0 aliphatic heterocycles. The van der Waals surface area contributed by atoms with Crippen molar-refractivity contribution in [2.45, 2.75) is 33.0 Å². The van der Waals surface area contributed by atoms with Crippen LogP contribution in [-0.2, 0) is 24.4 Å². The van der Waals surface area contributed by atoms with E-state index < -0.39 is 0 Å². The molecule has 0 heterocycles. The van der Waals surface area contributed by atoms with Crippen molar-refractivity contribution < 1.29 is 9.47 Å². The highest BCUT2D eigenvalue weighted by molar-refractivity contribution is 14.0. The predicted octanol–water partition coefficient (Wildman–Crippen LogP) is 4.11. The second kappa shape index (κ2) is 13.4. The lowest BCUT2D eigenvalue weighted by molar-refractivity contribution is 0.121. The number of nitrogens with zero attached hydrogens (tertiary/aromatic N) is 1. The van der Waals surface area contributed by atoms with Crippen molar-refractivity contribution in [1.82, 2.24) is 10.6 Å². The van der Waals surface area contributed by atoms with Crippen LogP contribution in [0.4, 0.5) is 0 Å². The molecule has 0 fully saturated rings. The van der Waals surface area contributed by atoms with Gasteiger partial charge >= 0.3 is 0 Å². The molecule has 0 atom stereocenters. The van der Waals surface area contributed by atoms with E-state index in [-0.39, 0.29) is 24.0 Å². The number of hydrogen-bond acceptors (Lipinski definition) is 3. The molecule has 2 aromatic carbocycles. The van der Waals surface area contributed by atoms with E-state index in [1.165, 1.54) is 16.7 Å². The van der Waals surface area contributed by atoms with E-state index in [1.807, 2.05) is 36.4 Å². The number of aliphatic imine (C=N–C) groups is 1. The molecule has 5 nitrogen and oxygen atoms in total. The van der Waals surface area contributed by atoms with Crippen LogP contribution < -0.4 is 15.4 Å². The summed E-state index contributed by atoms with van der Waals surface area (Å²) in [7, 11) is 3.45. The van der Waals surface area contributed by atoms with Gasteiger partial charge in [0.25, 0.3) is 0 Å². The zero-order valence-electron chi connectivity index (χ0n) is 16.3. The molecule has 0 saturated heterocycles. The van der Waals surface area contributed by atoms with E-state index in [1.54, 1.807) is 14.2 Å². The number of halogens is 1. The first-order valence-electron chi connectivity index (χ1n) is 8.98. The second-order valence-electron chi connectivity index (χ2n) is 5.95. The summed E-state index contributed by atoms with van der Waals surface area (Å²) in [6, 6.07) is 16.3. The van der Waals surface area contributed by atoms with Gasteiger partial charge < -0.3 is 20.1 Å². The fraction of sp³-hybridized carbons (Fsp3) is 0.381. The molecule has 0 aliphatic carbocycles. The normalized spacial score (nSPS) is 10.9. The molecule has 0 amide bonds. The Kier molecular flexibility index (Phi) is 11.5. The van der Waals surface area contributed by atoms with Gasteiger partial charge in [0.2, 0.25) is 0 Å². The summed E-state index contributed by atoms with van der Waals surface area (Å²) in [6.07, 6.45) is 1.03. The quantitative estimate of drug-likeness (QED) is 0.244. The predicted molar refractivity (Wildman–Crippen MR) is 122 cm³/mol. The van der Waals surface area contributed by atoms with Gasteiger partial charge in [-0.05, 0) is 35.2 Å². The van der Waals surface area contributed by atoms with Gasteiger partial charge in [-0.2, -0.15) is 0 Å². The smallest absolute Gasteiger partial charge is 0.191 e. The van der Waals surface area contributed by atoms with E-state index >= 15 is 0 Å². The summed E-state index contributed by atoms with van der Waals surface area (Å²) in [5, 5.41) is 6.70. The van der Waals surface area contributed by atoms with Gasteiger partial charge in [0, 0.05) is 26.7 Å². The summed E-state index contributed by atoms with van der Waals surface area (Å²) in [5.74, 6) is 1.63. The van der Waals surface area contributed by atoms with Crippen LogP contribution >= 0.6 is 24.0 Å². The molecule has 2 aromatic rings. The molecular formula is C21H30IN3O2. The molecule has 2 N–H and O–H groups in total. The van der Waals surface area contributed by atoms with Gasteiger partial charge in [0.15, 0.2) is 5.96 Å². The maximum atomic E-state index is 5.68. The van der Waals surface area contributed by atoms with Crippen LogP contribution in [0.3, 0.4) is 0 Å². The summed E-state index contributed by atoms with van der Waals surface area (Å²) < 4.78 is 10.9.